The Bertz CT molecular complexity index is 575. The number of carboxylic acid groups (broad SMARTS) is 1. The Morgan fingerprint density at radius 2 is 2.28 bits per heavy atom. The van der Waals surface area contributed by atoms with Crippen molar-refractivity contribution in [2.75, 3.05) is 6.61 Å². The molecule has 1 N–H and O–H groups in total. The molecule has 2 rings (SSSR count). The maximum atomic E-state index is 11.0. The first kappa shape index (κ1) is 12.2. The molecular weight excluding hydrogens is 232 g/mol. The van der Waals surface area contributed by atoms with Crippen molar-refractivity contribution < 1.29 is 14.6 Å². The Hall–Kier alpha value is -2.30. The summed E-state index contributed by atoms with van der Waals surface area (Å²) in [5.41, 5.74) is 0.989. The molecule has 0 saturated heterocycles. The highest BCUT2D eigenvalue weighted by atomic mass is 16.5. The Kier molecular flexibility index (Phi) is 3.32. The molecule has 0 aliphatic rings. The third-order valence-corrected chi connectivity index (χ3v) is 2.61. The number of imidazole rings is 1. The van der Waals surface area contributed by atoms with Gasteiger partial charge in [-0.25, -0.2) is 9.78 Å². The zero-order chi connectivity index (χ0) is 13.1. The van der Waals surface area contributed by atoms with Crippen molar-refractivity contribution in [3.63, 3.8) is 0 Å². The molecule has 0 unspecified atom stereocenters. The number of ether oxygens (including phenoxy) is 1. The van der Waals surface area contributed by atoms with E-state index in [0.717, 1.165) is 11.3 Å². The van der Waals surface area contributed by atoms with Crippen LogP contribution in [0, 0.1) is 0 Å². The molecule has 5 heteroatoms. The lowest BCUT2D eigenvalue weighted by atomic mass is 10.2. The average molecular weight is 246 g/mol. The number of rotatable bonds is 4. The Labute approximate surface area is 105 Å². The van der Waals surface area contributed by atoms with Crippen molar-refractivity contribution in [1.29, 1.82) is 0 Å². The van der Waals surface area contributed by atoms with E-state index in [1.807, 2.05) is 31.2 Å². The maximum absolute atomic E-state index is 11.0. The molecule has 94 valence electrons. The number of hydrogen-bond donors (Lipinski definition) is 1. The molecule has 0 amide bonds. The summed E-state index contributed by atoms with van der Waals surface area (Å²) in [4.78, 5) is 15.1. The normalized spacial score (nSPS) is 10.3. The van der Waals surface area contributed by atoms with E-state index in [0.29, 0.717) is 12.4 Å². The molecule has 0 aliphatic carbocycles. The molecule has 0 saturated carbocycles. The smallest absolute Gasteiger partial charge is 0.354 e. The van der Waals surface area contributed by atoms with Crippen LogP contribution < -0.4 is 4.74 Å². The molecule has 5 nitrogen and oxygen atoms in total. The topological polar surface area (TPSA) is 64.3 Å². The first-order valence-corrected chi connectivity index (χ1v) is 5.61. The molecule has 0 radical (unpaired) electrons. The van der Waals surface area contributed by atoms with Crippen molar-refractivity contribution in [2.24, 2.45) is 7.05 Å². The third-order valence-electron chi connectivity index (χ3n) is 2.61. The summed E-state index contributed by atoms with van der Waals surface area (Å²) >= 11 is 0. The summed E-state index contributed by atoms with van der Waals surface area (Å²) < 4.78 is 6.96. The second-order valence-corrected chi connectivity index (χ2v) is 3.79. The minimum atomic E-state index is -0.989. The highest BCUT2D eigenvalue weighted by Crippen LogP contribution is 2.23. The van der Waals surface area contributed by atoms with Gasteiger partial charge in [0.15, 0.2) is 0 Å². The summed E-state index contributed by atoms with van der Waals surface area (Å²) in [6.45, 7) is 2.50. The SMILES string of the molecule is CCOc1cccc(-c2ncc(C(=O)O)n2C)c1. The van der Waals surface area contributed by atoms with Gasteiger partial charge in [0, 0.05) is 12.6 Å². The van der Waals surface area contributed by atoms with Crippen LogP contribution in [0.15, 0.2) is 30.5 Å². The van der Waals surface area contributed by atoms with Crippen LogP contribution in [0.3, 0.4) is 0 Å². The zero-order valence-corrected chi connectivity index (χ0v) is 10.3. The summed E-state index contributed by atoms with van der Waals surface area (Å²) in [7, 11) is 1.68. The van der Waals surface area contributed by atoms with Crippen LogP contribution in [-0.4, -0.2) is 27.2 Å². The molecule has 0 fully saturated rings. The number of nitrogens with zero attached hydrogens (tertiary/aromatic N) is 2. The summed E-state index contributed by atoms with van der Waals surface area (Å²) in [5, 5.41) is 8.98. The fourth-order valence-corrected chi connectivity index (χ4v) is 1.77. The van der Waals surface area contributed by atoms with E-state index in [1.54, 1.807) is 11.6 Å². The summed E-state index contributed by atoms with van der Waals surface area (Å²) in [6, 6.07) is 7.43. The van der Waals surface area contributed by atoms with Crippen molar-refractivity contribution in [3.8, 4) is 17.1 Å². The fourth-order valence-electron chi connectivity index (χ4n) is 1.77. The number of benzene rings is 1. The van der Waals surface area contributed by atoms with Crippen molar-refractivity contribution >= 4 is 5.97 Å². The van der Waals surface area contributed by atoms with Gasteiger partial charge in [0.05, 0.1) is 12.8 Å². The van der Waals surface area contributed by atoms with E-state index >= 15 is 0 Å². The largest absolute Gasteiger partial charge is 0.494 e. The minimum Gasteiger partial charge on any atom is -0.494 e. The average Bonchev–Trinajstić information content (AvgIpc) is 2.72. The molecule has 1 aromatic heterocycles. The fraction of sp³-hybridized carbons (Fsp3) is 0.231. The van der Waals surface area contributed by atoms with Crippen LogP contribution in [0.4, 0.5) is 0 Å². The van der Waals surface area contributed by atoms with E-state index in [9.17, 15) is 4.79 Å². The second kappa shape index (κ2) is 4.91. The van der Waals surface area contributed by atoms with Crippen LogP contribution in [0.25, 0.3) is 11.4 Å². The monoisotopic (exact) mass is 246 g/mol. The molecule has 0 bridgehead atoms. The molecule has 0 aliphatic heterocycles. The lowest BCUT2D eigenvalue weighted by molar-refractivity contribution is 0.0686. The minimum absolute atomic E-state index is 0.159. The van der Waals surface area contributed by atoms with Crippen LogP contribution >= 0.6 is 0 Å². The lowest BCUT2D eigenvalue weighted by Gasteiger charge is -2.06. The van der Waals surface area contributed by atoms with E-state index in [-0.39, 0.29) is 5.69 Å². The standard InChI is InChI=1S/C13H14N2O3/c1-3-18-10-6-4-5-9(7-10)12-14-8-11(13(16)17)15(12)2/h4-8H,3H2,1-2H3,(H,16,17). The molecule has 0 spiro atoms. The third kappa shape index (κ3) is 2.20. The molecular formula is C13H14N2O3. The predicted molar refractivity (Wildman–Crippen MR) is 66.8 cm³/mol. The molecule has 18 heavy (non-hydrogen) atoms. The van der Waals surface area contributed by atoms with Crippen LogP contribution in [-0.2, 0) is 7.05 Å². The number of hydrogen-bond acceptors (Lipinski definition) is 3. The molecule has 2 aromatic rings. The van der Waals surface area contributed by atoms with Gasteiger partial charge < -0.3 is 14.4 Å². The van der Waals surface area contributed by atoms with Gasteiger partial charge in [0.25, 0.3) is 0 Å². The number of carbonyl (C=O) groups is 1. The van der Waals surface area contributed by atoms with E-state index in [2.05, 4.69) is 4.98 Å². The first-order chi connectivity index (χ1) is 8.63. The molecule has 1 aromatic carbocycles. The van der Waals surface area contributed by atoms with Gasteiger partial charge >= 0.3 is 5.97 Å². The highest BCUT2D eigenvalue weighted by molar-refractivity contribution is 5.86. The lowest BCUT2D eigenvalue weighted by Crippen LogP contribution is -2.05. The Morgan fingerprint density at radius 1 is 1.50 bits per heavy atom. The van der Waals surface area contributed by atoms with Crippen molar-refractivity contribution in [3.05, 3.63) is 36.2 Å². The molecule has 1 heterocycles. The van der Waals surface area contributed by atoms with Gasteiger partial charge in [0.2, 0.25) is 0 Å². The van der Waals surface area contributed by atoms with Crippen LogP contribution in [0.5, 0.6) is 5.75 Å². The van der Waals surface area contributed by atoms with Crippen molar-refractivity contribution in [2.45, 2.75) is 6.92 Å². The Balaban J connectivity index is 2.42. The highest BCUT2D eigenvalue weighted by Gasteiger charge is 2.13. The maximum Gasteiger partial charge on any atom is 0.354 e. The van der Waals surface area contributed by atoms with Gasteiger partial charge in [-0.15, -0.1) is 0 Å². The van der Waals surface area contributed by atoms with E-state index in [4.69, 9.17) is 9.84 Å². The van der Waals surface area contributed by atoms with Crippen LogP contribution in [0.1, 0.15) is 17.4 Å². The zero-order valence-electron chi connectivity index (χ0n) is 10.3. The van der Waals surface area contributed by atoms with Gasteiger partial charge in [-0.3, -0.25) is 0 Å². The molecule has 0 atom stereocenters. The summed E-state index contributed by atoms with van der Waals surface area (Å²) in [5.74, 6) is 0.362. The van der Waals surface area contributed by atoms with Gasteiger partial charge in [-0.2, -0.15) is 0 Å². The van der Waals surface area contributed by atoms with Crippen molar-refractivity contribution in [1.82, 2.24) is 9.55 Å². The van der Waals surface area contributed by atoms with Crippen LogP contribution in [0.2, 0.25) is 0 Å². The van der Waals surface area contributed by atoms with E-state index < -0.39 is 5.97 Å². The van der Waals surface area contributed by atoms with Gasteiger partial charge in [0.1, 0.15) is 17.3 Å². The number of aromatic nitrogens is 2. The van der Waals surface area contributed by atoms with Gasteiger partial charge in [-0.05, 0) is 19.1 Å². The second-order valence-electron chi connectivity index (χ2n) is 3.79. The Morgan fingerprint density at radius 3 is 2.89 bits per heavy atom. The number of carboxylic acids is 1. The van der Waals surface area contributed by atoms with Gasteiger partial charge in [-0.1, -0.05) is 12.1 Å². The predicted octanol–water partition coefficient (Wildman–Crippen LogP) is 2.18. The summed E-state index contributed by atoms with van der Waals surface area (Å²) in [6.07, 6.45) is 1.35. The first-order valence-electron chi connectivity index (χ1n) is 5.61. The quantitative estimate of drug-likeness (QED) is 0.898. The van der Waals surface area contributed by atoms with E-state index in [1.165, 1.54) is 6.20 Å². The number of aromatic carboxylic acids is 1.